The molecule has 0 saturated carbocycles. The van der Waals surface area contributed by atoms with E-state index in [0.29, 0.717) is 49.7 Å². The van der Waals surface area contributed by atoms with Gasteiger partial charge in [0, 0.05) is 24.5 Å². The second-order valence-electron chi connectivity index (χ2n) is 8.79. The van der Waals surface area contributed by atoms with Crippen LogP contribution in [0.2, 0.25) is 0 Å². The summed E-state index contributed by atoms with van der Waals surface area (Å²) in [5, 5.41) is 5.24. The lowest BCUT2D eigenvalue weighted by Crippen LogP contribution is -2.37. The Labute approximate surface area is 222 Å². The van der Waals surface area contributed by atoms with Crippen molar-refractivity contribution in [1.82, 2.24) is 9.97 Å². The topological polar surface area (TPSA) is 90.3 Å². The molecule has 0 aliphatic carbocycles. The van der Waals surface area contributed by atoms with Crippen LogP contribution in [0.1, 0.15) is 11.1 Å². The second kappa shape index (κ2) is 12.2. The highest BCUT2D eigenvalue weighted by Crippen LogP contribution is 2.35. The first-order valence-electron chi connectivity index (χ1n) is 12.6. The van der Waals surface area contributed by atoms with Crippen molar-refractivity contribution in [2.24, 2.45) is 5.10 Å². The molecular formula is C29H31N5O4. The van der Waals surface area contributed by atoms with Crippen LogP contribution in [-0.2, 0) is 4.74 Å². The molecule has 4 aromatic rings. The quantitative estimate of drug-likeness (QED) is 0.186. The van der Waals surface area contributed by atoms with Gasteiger partial charge in [0.05, 0.1) is 32.1 Å². The lowest BCUT2D eigenvalue weighted by Gasteiger charge is -2.27. The van der Waals surface area contributed by atoms with Crippen molar-refractivity contribution in [3.8, 4) is 17.2 Å². The van der Waals surface area contributed by atoms with Crippen LogP contribution in [0.4, 0.5) is 11.8 Å². The van der Waals surface area contributed by atoms with Gasteiger partial charge in [-0.05, 0) is 30.7 Å². The third-order valence-electron chi connectivity index (χ3n) is 6.04. The van der Waals surface area contributed by atoms with E-state index in [9.17, 15) is 0 Å². The molecule has 0 bridgehead atoms. The molecule has 3 aromatic carbocycles. The Balaban J connectivity index is 1.42. The third kappa shape index (κ3) is 6.30. The lowest BCUT2D eigenvalue weighted by atomic mass is 10.2. The van der Waals surface area contributed by atoms with E-state index >= 15 is 0 Å². The zero-order chi connectivity index (χ0) is 26.2. The Kier molecular flexibility index (Phi) is 8.15. The summed E-state index contributed by atoms with van der Waals surface area (Å²) in [6.45, 7) is 5.50. The normalized spacial score (nSPS) is 13.6. The highest BCUT2D eigenvalue weighted by molar-refractivity contribution is 5.93. The van der Waals surface area contributed by atoms with Gasteiger partial charge in [0.1, 0.15) is 19.0 Å². The highest BCUT2D eigenvalue weighted by Gasteiger charge is 2.19. The molecule has 1 saturated heterocycles. The molecular weight excluding hydrogens is 482 g/mol. The average Bonchev–Trinajstić information content (AvgIpc) is 2.96. The number of fused-ring (bicyclic) bond motifs is 1. The van der Waals surface area contributed by atoms with Crippen LogP contribution < -0.4 is 24.5 Å². The van der Waals surface area contributed by atoms with Gasteiger partial charge in [0.15, 0.2) is 17.3 Å². The number of aromatic nitrogens is 2. The zero-order valence-corrected chi connectivity index (χ0v) is 21.6. The van der Waals surface area contributed by atoms with E-state index < -0.39 is 0 Å². The molecule has 5 rings (SSSR count). The summed E-state index contributed by atoms with van der Waals surface area (Å²) in [5.41, 5.74) is 6.01. The lowest BCUT2D eigenvalue weighted by molar-refractivity contribution is 0.122. The number of para-hydroxylation sites is 1. The first kappa shape index (κ1) is 25.3. The van der Waals surface area contributed by atoms with E-state index in [0.717, 1.165) is 35.3 Å². The Morgan fingerprint density at radius 3 is 2.55 bits per heavy atom. The number of anilines is 2. The molecule has 0 amide bonds. The van der Waals surface area contributed by atoms with E-state index in [-0.39, 0.29) is 0 Å². The minimum Gasteiger partial charge on any atom is -0.493 e. The van der Waals surface area contributed by atoms with Crippen molar-refractivity contribution in [2.45, 2.75) is 6.92 Å². The number of nitrogens with zero attached hydrogens (tertiary/aromatic N) is 4. The van der Waals surface area contributed by atoms with Gasteiger partial charge in [-0.3, -0.25) is 5.43 Å². The van der Waals surface area contributed by atoms with Crippen molar-refractivity contribution >= 4 is 28.9 Å². The summed E-state index contributed by atoms with van der Waals surface area (Å²) >= 11 is 0. The number of benzene rings is 3. The molecule has 38 heavy (non-hydrogen) atoms. The molecule has 1 aliphatic rings. The van der Waals surface area contributed by atoms with E-state index in [4.69, 9.17) is 28.9 Å². The number of hydrogen-bond donors (Lipinski definition) is 1. The summed E-state index contributed by atoms with van der Waals surface area (Å²) < 4.78 is 22.9. The van der Waals surface area contributed by atoms with Crippen molar-refractivity contribution in [2.75, 3.05) is 57.0 Å². The number of ether oxygens (including phenoxy) is 4. The summed E-state index contributed by atoms with van der Waals surface area (Å²) in [4.78, 5) is 11.8. The van der Waals surface area contributed by atoms with Crippen molar-refractivity contribution in [3.63, 3.8) is 0 Å². The Bertz CT molecular complexity index is 1390. The number of methoxy groups -OCH3 is 1. The molecule has 0 radical (unpaired) electrons. The van der Waals surface area contributed by atoms with Gasteiger partial charge in [-0.15, -0.1) is 0 Å². The summed E-state index contributed by atoms with van der Waals surface area (Å²) in [6, 6.07) is 21.5. The molecule has 196 valence electrons. The molecule has 0 unspecified atom stereocenters. The Morgan fingerprint density at radius 2 is 1.76 bits per heavy atom. The predicted molar refractivity (Wildman–Crippen MR) is 149 cm³/mol. The number of aryl methyl sites for hydroxylation is 1. The minimum atomic E-state index is 0.345. The Morgan fingerprint density at radius 1 is 0.947 bits per heavy atom. The van der Waals surface area contributed by atoms with Gasteiger partial charge in [-0.1, -0.05) is 48.0 Å². The molecule has 0 spiro atoms. The number of hydrogen-bond acceptors (Lipinski definition) is 9. The fraction of sp³-hybridized carbons (Fsp3) is 0.276. The predicted octanol–water partition coefficient (Wildman–Crippen LogP) is 4.69. The SMILES string of the molecule is COc1cc2nc(N3CCOCC3)nc(NN=Cc3cccc(C)c3)c2cc1OCCOc1ccccc1. The third-order valence-corrected chi connectivity index (χ3v) is 6.04. The maximum Gasteiger partial charge on any atom is 0.228 e. The van der Waals surface area contributed by atoms with Gasteiger partial charge < -0.3 is 23.8 Å². The monoisotopic (exact) mass is 513 g/mol. The van der Waals surface area contributed by atoms with E-state index in [1.807, 2.05) is 54.6 Å². The number of rotatable bonds is 10. The van der Waals surface area contributed by atoms with Crippen LogP contribution in [0.25, 0.3) is 10.9 Å². The number of hydrazone groups is 1. The maximum absolute atomic E-state index is 6.05. The molecule has 9 nitrogen and oxygen atoms in total. The summed E-state index contributed by atoms with van der Waals surface area (Å²) in [6.07, 6.45) is 1.78. The van der Waals surface area contributed by atoms with Gasteiger partial charge in [0.25, 0.3) is 0 Å². The second-order valence-corrected chi connectivity index (χ2v) is 8.79. The van der Waals surface area contributed by atoms with Gasteiger partial charge in [-0.25, -0.2) is 4.98 Å². The molecule has 2 heterocycles. The Hall–Kier alpha value is -4.37. The van der Waals surface area contributed by atoms with Crippen LogP contribution >= 0.6 is 0 Å². The largest absolute Gasteiger partial charge is 0.493 e. The summed E-state index contributed by atoms with van der Waals surface area (Å²) in [5.74, 6) is 3.14. The number of nitrogens with one attached hydrogen (secondary N) is 1. The van der Waals surface area contributed by atoms with Crippen LogP contribution in [0.3, 0.4) is 0 Å². The van der Waals surface area contributed by atoms with E-state index in [1.165, 1.54) is 5.56 Å². The molecule has 1 N–H and O–H groups in total. The van der Waals surface area contributed by atoms with Crippen LogP contribution in [0, 0.1) is 6.92 Å². The van der Waals surface area contributed by atoms with Gasteiger partial charge in [0.2, 0.25) is 5.95 Å². The van der Waals surface area contributed by atoms with Gasteiger partial charge in [-0.2, -0.15) is 10.1 Å². The van der Waals surface area contributed by atoms with Crippen molar-refractivity contribution in [1.29, 1.82) is 0 Å². The van der Waals surface area contributed by atoms with Crippen LogP contribution in [-0.4, -0.2) is 62.8 Å². The molecule has 1 aromatic heterocycles. The van der Waals surface area contributed by atoms with Crippen molar-refractivity contribution in [3.05, 3.63) is 77.9 Å². The minimum absolute atomic E-state index is 0.345. The highest BCUT2D eigenvalue weighted by atomic mass is 16.5. The molecule has 1 fully saturated rings. The van der Waals surface area contributed by atoms with E-state index in [1.54, 1.807) is 13.3 Å². The van der Waals surface area contributed by atoms with Crippen molar-refractivity contribution < 1.29 is 18.9 Å². The average molecular weight is 514 g/mol. The molecule has 0 atom stereocenters. The molecule has 1 aliphatic heterocycles. The smallest absolute Gasteiger partial charge is 0.228 e. The molecule has 9 heteroatoms. The number of morpholine rings is 1. The zero-order valence-electron chi connectivity index (χ0n) is 21.6. The van der Waals surface area contributed by atoms with Crippen LogP contribution in [0.15, 0.2) is 71.8 Å². The standard InChI is InChI=1S/C29H31N5O4/c1-21-7-6-8-22(17-21)20-30-33-28-24-18-27(38-16-15-37-23-9-4-3-5-10-23)26(35-2)19-25(24)31-29(32-28)34-11-13-36-14-12-34/h3-10,17-20H,11-16H2,1-2H3,(H,31,32,33). The van der Waals surface area contributed by atoms with E-state index in [2.05, 4.69) is 34.5 Å². The van der Waals surface area contributed by atoms with Crippen LogP contribution in [0.5, 0.6) is 17.2 Å². The summed E-state index contributed by atoms with van der Waals surface area (Å²) in [7, 11) is 1.61. The fourth-order valence-electron chi connectivity index (χ4n) is 4.13. The fourth-order valence-corrected chi connectivity index (χ4v) is 4.13. The first-order valence-corrected chi connectivity index (χ1v) is 12.6. The van der Waals surface area contributed by atoms with Gasteiger partial charge >= 0.3 is 0 Å². The first-order chi connectivity index (χ1) is 18.7. The maximum atomic E-state index is 6.05.